The molecule has 0 N–H and O–H groups in total. The van der Waals surface area contributed by atoms with Gasteiger partial charge >= 0.3 is 0 Å². The molecule has 2 atom stereocenters. The van der Waals surface area contributed by atoms with E-state index in [-0.39, 0.29) is 18.0 Å². The molecular weight excluding hydrogens is 365 g/mol. The number of hydrogen-bond acceptors (Lipinski definition) is 2. The van der Waals surface area contributed by atoms with Crippen molar-refractivity contribution in [2.24, 2.45) is 0 Å². The number of benzene rings is 1. The smallest absolute Gasteiger partial charge is 0.124 e. The van der Waals surface area contributed by atoms with Crippen molar-refractivity contribution in [3.05, 3.63) is 34.1 Å². The van der Waals surface area contributed by atoms with Crippen LogP contribution in [-0.2, 0) is 11.3 Å². The first-order valence-electron chi connectivity index (χ1n) is 5.95. The van der Waals surface area contributed by atoms with E-state index < -0.39 is 0 Å². The van der Waals surface area contributed by atoms with E-state index in [0.717, 1.165) is 35.0 Å². The summed E-state index contributed by atoms with van der Waals surface area (Å²) in [6.07, 6.45) is 0.434. The zero-order chi connectivity index (χ0) is 13.1. The second-order valence-corrected chi connectivity index (χ2v) is 6.26. The molecular formula is C13H16Br2FNO. The molecule has 0 spiro atoms. The fourth-order valence-corrected chi connectivity index (χ4v) is 3.19. The highest BCUT2D eigenvalue weighted by molar-refractivity contribution is 9.10. The van der Waals surface area contributed by atoms with Crippen LogP contribution < -0.4 is 0 Å². The first-order valence-corrected chi connectivity index (χ1v) is 7.87. The van der Waals surface area contributed by atoms with Gasteiger partial charge in [0.1, 0.15) is 5.82 Å². The Balaban J connectivity index is 2.03. The van der Waals surface area contributed by atoms with Crippen molar-refractivity contribution >= 4 is 31.9 Å². The molecule has 1 aliphatic rings. The van der Waals surface area contributed by atoms with E-state index in [1.807, 2.05) is 6.07 Å². The maximum atomic E-state index is 13.3. The monoisotopic (exact) mass is 379 g/mol. The van der Waals surface area contributed by atoms with Crippen LogP contribution in [0.1, 0.15) is 12.5 Å². The molecule has 1 fully saturated rings. The molecule has 0 aliphatic carbocycles. The summed E-state index contributed by atoms with van der Waals surface area (Å²) in [6.45, 7) is 4.60. The van der Waals surface area contributed by atoms with Crippen molar-refractivity contribution in [1.29, 1.82) is 0 Å². The minimum Gasteiger partial charge on any atom is -0.372 e. The average Bonchev–Trinajstić information content (AvgIpc) is 2.26. The van der Waals surface area contributed by atoms with E-state index in [1.165, 1.54) is 6.07 Å². The molecule has 2 nitrogen and oxygen atoms in total. The second-order valence-electron chi connectivity index (χ2n) is 4.69. The Morgan fingerprint density at radius 2 is 2.17 bits per heavy atom. The average molecular weight is 381 g/mol. The van der Waals surface area contributed by atoms with E-state index in [2.05, 4.69) is 43.7 Å². The number of alkyl halides is 1. The Morgan fingerprint density at radius 3 is 2.83 bits per heavy atom. The molecule has 0 saturated carbocycles. The van der Waals surface area contributed by atoms with Crippen molar-refractivity contribution in [3.63, 3.8) is 0 Å². The largest absolute Gasteiger partial charge is 0.372 e. The van der Waals surface area contributed by atoms with Gasteiger partial charge in [-0.3, -0.25) is 4.90 Å². The molecule has 5 heteroatoms. The fraction of sp³-hybridized carbons (Fsp3) is 0.538. The van der Waals surface area contributed by atoms with Gasteiger partial charge in [-0.25, -0.2) is 4.39 Å². The Bertz CT molecular complexity index is 396. The lowest BCUT2D eigenvalue weighted by Gasteiger charge is -2.36. The molecule has 1 heterocycles. The summed E-state index contributed by atoms with van der Waals surface area (Å²) >= 11 is 6.78. The first kappa shape index (κ1) is 14.4. The van der Waals surface area contributed by atoms with Crippen molar-refractivity contribution in [3.8, 4) is 0 Å². The zero-order valence-electron chi connectivity index (χ0n) is 10.2. The van der Waals surface area contributed by atoms with Crippen LogP contribution in [0.5, 0.6) is 0 Å². The molecule has 1 aromatic carbocycles. The fourth-order valence-electron chi connectivity index (χ4n) is 2.32. The molecule has 0 aromatic heterocycles. The summed E-state index contributed by atoms with van der Waals surface area (Å²) in [5.74, 6) is -0.197. The van der Waals surface area contributed by atoms with Crippen LogP contribution in [0.4, 0.5) is 4.39 Å². The number of morpholine rings is 1. The van der Waals surface area contributed by atoms with Gasteiger partial charge in [0.05, 0.1) is 12.2 Å². The molecule has 0 bridgehead atoms. The topological polar surface area (TPSA) is 12.5 Å². The number of nitrogens with zero attached hydrogens (tertiary/aromatic N) is 1. The van der Waals surface area contributed by atoms with Crippen LogP contribution in [0.15, 0.2) is 22.7 Å². The predicted octanol–water partition coefficient (Wildman–Crippen LogP) is 3.57. The highest BCUT2D eigenvalue weighted by Gasteiger charge is 2.24. The standard InChI is InChI=1S/C13H16Br2FNO/c1-9-6-17(8-13(5-14)18-9)7-10-2-11(15)4-12(16)3-10/h2-4,9,13H,5-8H2,1H3. The molecule has 1 saturated heterocycles. The molecule has 1 aliphatic heterocycles. The van der Waals surface area contributed by atoms with Gasteiger partial charge in [-0.1, -0.05) is 31.9 Å². The Hall–Kier alpha value is 0.0300. The summed E-state index contributed by atoms with van der Waals surface area (Å²) < 4.78 is 19.9. The molecule has 100 valence electrons. The molecule has 0 amide bonds. The first-order chi connectivity index (χ1) is 8.56. The second kappa shape index (κ2) is 6.46. The van der Waals surface area contributed by atoms with Crippen molar-refractivity contribution in [1.82, 2.24) is 4.90 Å². The van der Waals surface area contributed by atoms with Gasteiger partial charge in [-0.2, -0.15) is 0 Å². The molecule has 1 aromatic rings. The lowest BCUT2D eigenvalue weighted by molar-refractivity contribution is -0.0678. The Kier molecular flexibility index (Phi) is 5.18. The normalized spacial score (nSPS) is 25.3. The van der Waals surface area contributed by atoms with E-state index >= 15 is 0 Å². The predicted molar refractivity (Wildman–Crippen MR) is 77.5 cm³/mol. The minimum atomic E-state index is -0.197. The summed E-state index contributed by atoms with van der Waals surface area (Å²) in [6, 6.07) is 5.03. The molecule has 2 unspecified atom stereocenters. The van der Waals surface area contributed by atoms with Crippen LogP contribution in [0.25, 0.3) is 0 Å². The number of hydrogen-bond donors (Lipinski definition) is 0. The maximum absolute atomic E-state index is 13.3. The van der Waals surface area contributed by atoms with E-state index in [9.17, 15) is 4.39 Å². The number of rotatable bonds is 3. The third-order valence-electron chi connectivity index (χ3n) is 2.90. The van der Waals surface area contributed by atoms with Crippen molar-refractivity contribution in [2.75, 3.05) is 18.4 Å². The Labute approximate surface area is 124 Å². The van der Waals surface area contributed by atoms with Crippen LogP contribution in [0, 0.1) is 5.82 Å². The summed E-state index contributed by atoms with van der Waals surface area (Å²) in [4.78, 5) is 2.31. The highest BCUT2D eigenvalue weighted by atomic mass is 79.9. The quantitative estimate of drug-likeness (QED) is 0.743. The third-order valence-corrected chi connectivity index (χ3v) is 4.08. The van der Waals surface area contributed by atoms with Crippen LogP contribution >= 0.6 is 31.9 Å². The lowest BCUT2D eigenvalue weighted by atomic mass is 10.1. The van der Waals surface area contributed by atoms with E-state index in [1.54, 1.807) is 6.07 Å². The molecule has 18 heavy (non-hydrogen) atoms. The molecule has 2 rings (SSSR count). The van der Waals surface area contributed by atoms with Crippen LogP contribution in [0.2, 0.25) is 0 Å². The lowest BCUT2D eigenvalue weighted by Crippen LogP contribution is -2.46. The highest BCUT2D eigenvalue weighted by Crippen LogP contribution is 2.19. The van der Waals surface area contributed by atoms with Crippen LogP contribution in [-0.4, -0.2) is 35.5 Å². The van der Waals surface area contributed by atoms with Gasteiger partial charge < -0.3 is 4.74 Å². The SMILES string of the molecule is CC1CN(Cc2cc(F)cc(Br)c2)CC(CBr)O1. The van der Waals surface area contributed by atoms with Crippen LogP contribution in [0.3, 0.4) is 0 Å². The van der Waals surface area contributed by atoms with Gasteiger partial charge in [-0.15, -0.1) is 0 Å². The summed E-state index contributed by atoms with van der Waals surface area (Å²) in [5, 5.41) is 0.834. The van der Waals surface area contributed by atoms with E-state index in [0.29, 0.717) is 0 Å². The maximum Gasteiger partial charge on any atom is 0.124 e. The van der Waals surface area contributed by atoms with E-state index in [4.69, 9.17) is 4.74 Å². The minimum absolute atomic E-state index is 0.197. The van der Waals surface area contributed by atoms with Gasteiger partial charge in [0.25, 0.3) is 0 Å². The number of halogens is 3. The third kappa shape index (κ3) is 4.02. The van der Waals surface area contributed by atoms with Gasteiger partial charge in [-0.05, 0) is 30.7 Å². The summed E-state index contributed by atoms with van der Waals surface area (Å²) in [7, 11) is 0. The number of ether oxygens (including phenoxy) is 1. The van der Waals surface area contributed by atoms with Crippen molar-refractivity contribution < 1.29 is 9.13 Å². The Morgan fingerprint density at radius 1 is 1.39 bits per heavy atom. The van der Waals surface area contributed by atoms with Gasteiger partial charge in [0.15, 0.2) is 0 Å². The van der Waals surface area contributed by atoms with Gasteiger partial charge in [0, 0.05) is 29.4 Å². The van der Waals surface area contributed by atoms with Gasteiger partial charge in [0.2, 0.25) is 0 Å². The zero-order valence-corrected chi connectivity index (χ0v) is 13.4. The van der Waals surface area contributed by atoms with Crippen molar-refractivity contribution in [2.45, 2.75) is 25.7 Å². The molecule has 0 radical (unpaired) electrons. The summed E-state index contributed by atoms with van der Waals surface area (Å²) in [5.41, 5.74) is 0.990.